The molecule has 0 radical (unpaired) electrons. The highest BCUT2D eigenvalue weighted by atomic mass is 79.9. The van der Waals surface area contributed by atoms with Crippen LogP contribution in [0, 0.1) is 0 Å². The molecule has 2 aromatic carbocycles. The summed E-state index contributed by atoms with van der Waals surface area (Å²) in [6, 6.07) is 6.83. The van der Waals surface area contributed by atoms with Crippen molar-refractivity contribution >= 4 is 50.7 Å². The van der Waals surface area contributed by atoms with Gasteiger partial charge in [-0.05, 0) is 35.4 Å². The van der Waals surface area contributed by atoms with E-state index in [0.717, 1.165) is 6.07 Å². The van der Waals surface area contributed by atoms with Gasteiger partial charge in [-0.25, -0.2) is 0 Å². The van der Waals surface area contributed by atoms with Crippen LogP contribution in [-0.4, -0.2) is 0 Å². The van der Waals surface area contributed by atoms with Crippen LogP contribution in [-0.2, 0) is 11.5 Å². The number of halogens is 7. The van der Waals surface area contributed by atoms with E-state index >= 15 is 0 Å². The standard InChI is InChI=1S/C14H7BrCl3F3/c15-6-8-5-7(1-2-9(8)14(19,20)21)12-10(16)3-4-11(17)13(12)18/h1-5H,6H2. The fourth-order valence-corrected chi connectivity index (χ4v) is 3.14. The average Bonchev–Trinajstić information content (AvgIpc) is 2.42. The summed E-state index contributed by atoms with van der Waals surface area (Å²) in [4.78, 5) is 0. The molecule has 0 unspecified atom stereocenters. The molecule has 112 valence electrons. The third-order valence-corrected chi connectivity index (χ3v) is 4.61. The SMILES string of the molecule is FC(F)(F)c1ccc(-c2c(Cl)ccc(Cl)c2Cl)cc1CBr. The molecule has 21 heavy (non-hydrogen) atoms. The number of alkyl halides is 4. The zero-order chi connectivity index (χ0) is 15.8. The summed E-state index contributed by atoms with van der Waals surface area (Å²) in [6.07, 6.45) is -4.41. The van der Waals surface area contributed by atoms with Gasteiger partial charge in [0.25, 0.3) is 0 Å². The van der Waals surface area contributed by atoms with E-state index in [1.54, 1.807) is 6.07 Å². The summed E-state index contributed by atoms with van der Waals surface area (Å²) in [5, 5.41) is 0.886. The van der Waals surface area contributed by atoms with Crippen molar-refractivity contribution < 1.29 is 13.2 Å². The van der Waals surface area contributed by atoms with E-state index in [4.69, 9.17) is 34.8 Å². The van der Waals surface area contributed by atoms with Gasteiger partial charge in [0.1, 0.15) is 0 Å². The van der Waals surface area contributed by atoms with Crippen LogP contribution < -0.4 is 0 Å². The number of rotatable bonds is 2. The molecule has 0 atom stereocenters. The van der Waals surface area contributed by atoms with Gasteiger partial charge in [0, 0.05) is 15.9 Å². The van der Waals surface area contributed by atoms with Crippen LogP contribution in [0.4, 0.5) is 13.2 Å². The van der Waals surface area contributed by atoms with Gasteiger partial charge in [-0.3, -0.25) is 0 Å². The van der Waals surface area contributed by atoms with Gasteiger partial charge < -0.3 is 0 Å². The summed E-state index contributed by atoms with van der Waals surface area (Å²) in [5.74, 6) is 0. The fraction of sp³-hybridized carbons (Fsp3) is 0.143. The Kier molecular flexibility index (Phi) is 5.14. The van der Waals surface area contributed by atoms with Gasteiger partial charge in [-0.2, -0.15) is 13.2 Å². The van der Waals surface area contributed by atoms with Crippen LogP contribution in [0.25, 0.3) is 11.1 Å². The number of hydrogen-bond acceptors (Lipinski definition) is 0. The second-order valence-corrected chi connectivity index (χ2v) is 5.97. The molecule has 0 bridgehead atoms. The van der Waals surface area contributed by atoms with Crippen molar-refractivity contribution in [1.29, 1.82) is 0 Å². The lowest BCUT2D eigenvalue weighted by Crippen LogP contribution is -2.08. The van der Waals surface area contributed by atoms with Gasteiger partial charge >= 0.3 is 6.18 Å². The first-order valence-electron chi connectivity index (χ1n) is 5.65. The first-order valence-corrected chi connectivity index (χ1v) is 7.91. The van der Waals surface area contributed by atoms with E-state index in [-0.39, 0.29) is 20.9 Å². The Balaban J connectivity index is 2.65. The number of hydrogen-bond donors (Lipinski definition) is 0. The maximum atomic E-state index is 12.9. The van der Waals surface area contributed by atoms with Gasteiger partial charge in [0.05, 0.1) is 15.6 Å². The molecule has 0 heterocycles. The molecule has 0 N–H and O–H groups in total. The van der Waals surface area contributed by atoms with Crippen LogP contribution in [0.1, 0.15) is 11.1 Å². The lowest BCUT2D eigenvalue weighted by Gasteiger charge is -2.14. The molecular formula is C14H7BrCl3F3. The van der Waals surface area contributed by atoms with E-state index in [2.05, 4.69) is 15.9 Å². The van der Waals surface area contributed by atoms with Crippen LogP contribution in [0.3, 0.4) is 0 Å². The Bertz CT molecular complexity index is 684. The summed E-state index contributed by atoms with van der Waals surface area (Å²) in [5.41, 5.74) is 0.307. The Morgan fingerprint density at radius 1 is 0.952 bits per heavy atom. The highest BCUT2D eigenvalue weighted by Gasteiger charge is 2.33. The van der Waals surface area contributed by atoms with E-state index in [1.807, 2.05) is 0 Å². The summed E-state index contributed by atoms with van der Waals surface area (Å²) in [7, 11) is 0. The molecule has 2 rings (SSSR count). The van der Waals surface area contributed by atoms with Gasteiger partial charge in [-0.1, -0.05) is 56.8 Å². The average molecular weight is 418 g/mol. The molecule has 0 fully saturated rings. The second-order valence-electron chi connectivity index (χ2n) is 4.22. The molecule has 0 aliphatic rings. The molecule has 0 saturated carbocycles. The first kappa shape index (κ1) is 16.9. The summed E-state index contributed by atoms with van der Waals surface area (Å²) < 4.78 is 38.7. The molecular weight excluding hydrogens is 411 g/mol. The molecule has 0 aromatic heterocycles. The van der Waals surface area contributed by atoms with E-state index in [1.165, 1.54) is 18.2 Å². The van der Waals surface area contributed by atoms with Gasteiger partial charge in [0.15, 0.2) is 0 Å². The molecule has 0 amide bonds. The molecule has 2 aromatic rings. The smallest absolute Gasteiger partial charge is 0.166 e. The maximum Gasteiger partial charge on any atom is 0.416 e. The summed E-state index contributed by atoms with van der Waals surface area (Å²) in [6.45, 7) is 0. The van der Waals surface area contributed by atoms with Crippen molar-refractivity contribution in [2.24, 2.45) is 0 Å². The Hall–Kier alpha value is -0.420. The number of benzene rings is 2. The molecule has 0 saturated heterocycles. The Labute approximate surface area is 142 Å². The highest BCUT2D eigenvalue weighted by molar-refractivity contribution is 9.08. The van der Waals surface area contributed by atoms with E-state index in [0.29, 0.717) is 16.1 Å². The van der Waals surface area contributed by atoms with Crippen molar-refractivity contribution in [2.75, 3.05) is 0 Å². The first-order chi connectivity index (χ1) is 9.75. The zero-order valence-electron chi connectivity index (χ0n) is 10.2. The molecule has 0 aliphatic heterocycles. The summed E-state index contributed by atoms with van der Waals surface area (Å²) >= 11 is 21.2. The minimum atomic E-state index is -4.41. The molecule has 0 nitrogen and oxygen atoms in total. The van der Waals surface area contributed by atoms with Crippen LogP contribution in [0.5, 0.6) is 0 Å². The Morgan fingerprint density at radius 2 is 1.57 bits per heavy atom. The predicted molar refractivity (Wildman–Crippen MR) is 84.5 cm³/mol. The normalized spacial score (nSPS) is 11.8. The third-order valence-electron chi connectivity index (χ3n) is 2.89. The molecule has 0 aliphatic carbocycles. The minimum Gasteiger partial charge on any atom is -0.166 e. The predicted octanol–water partition coefficient (Wildman–Crippen LogP) is 7.23. The lowest BCUT2D eigenvalue weighted by molar-refractivity contribution is -0.138. The third kappa shape index (κ3) is 3.50. The van der Waals surface area contributed by atoms with Crippen LogP contribution in [0.15, 0.2) is 30.3 Å². The second kappa shape index (κ2) is 6.37. The van der Waals surface area contributed by atoms with Crippen LogP contribution in [0.2, 0.25) is 15.1 Å². The molecule has 7 heteroatoms. The quantitative estimate of drug-likeness (QED) is 0.357. The van der Waals surface area contributed by atoms with Gasteiger partial charge in [0.2, 0.25) is 0 Å². The lowest BCUT2D eigenvalue weighted by atomic mass is 9.99. The van der Waals surface area contributed by atoms with E-state index in [9.17, 15) is 13.2 Å². The van der Waals surface area contributed by atoms with Crippen molar-refractivity contribution in [3.8, 4) is 11.1 Å². The van der Waals surface area contributed by atoms with E-state index < -0.39 is 11.7 Å². The Morgan fingerprint density at radius 3 is 2.14 bits per heavy atom. The largest absolute Gasteiger partial charge is 0.416 e. The zero-order valence-corrected chi connectivity index (χ0v) is 14.1. The maximum absolute atomic E-state index is 12.9. The van der Waals surface area contributed by atoms with Crippen LogP contribution >= 0.6 is 50.7 Å². The molecule has 0 spiro atoms. The topological polar surface area (TPSA) is 0 Å². The van der Waals surface area contributed by atoms with Crippen molar-refractivity contribution in [3.05, 3.63) is 56.5 Å². The van der Waals surface area contributed by atoms with Gasteiger partial charge in [-0.15, -0.1) is 0 Å². The monoisotopic (exact) mass is 416 g/mol. The van der Waals surface area contributed by atoms with Crippen molar-refractivity contribution in [3.63, 3.8) is 0 Å². The van der Waals surface area contributed by atoms with Crippen molar-refractivity contribution in [2.45, 2.75) is 11.5 Å². The minimum absolute atomic E-state index is 0.0610. The highest BCUT2D eigenvalue weighted by Crippen LogP contribution is 2.41. The van der Waals surface area contributed by atoms with Crippen molar-refractivity contribution in [1.82, 2.24) is 0 Å². The fourth-order valence-electron chi connectivity index (χ4n) is 1.93.